The number of aliphatic carboxylic acids is 2. The summed E-state index contributed by atoms with van der Waals surface area (Å²) in [6, 6.07) is 2.11. The van der Waals surface area contributed by atoms with Crippen LogP contribution < -0.4 is 21.7 Å². The van der Waals surface area contributed by atoms with Crippen molar-refractivity contribution in [3.8, 4) is 0 Å². The fourth-order valence-corrected chi connectivity index (χ4v) is 4.05. The van der Waals surface area contributed by atoms with Crippen LogP contribution >= 0.6 is 0 Å². The Kier molecular flexibility index (Phi) is 9.97. The van der Waals surface area contributed by atoms with Crippen LogP contribution in [-0.2, 0) is 36.8 Å². The molecule has 3 amide bonds. The summed E-state index contributed by atoms with van der Waals surface area (Å²) in [5.74, 6) is -5.43. The molecule has 0 aliphatic rings. The topological polar surface area (TPSA) is 232 Å². The summed E-state index contributed by atoms with van der Waals surface area (Å²) in [6.45, 7) is 3.38. The van der Waals surface area contributed by atoms with E-state index in [0.29, 0.717) is 11.3 Å². The quantitative estimate of drug-likeness (QED) is 0.130. The summed E-state index contributed by atoms with van der Waals surface area (Å²) < 4.78 is 0. The van der Waals surface area contributed by atoms with Crippen LogP contribution in [0.2, 0.25) is 0 Å². The summed E-state index contributed by atoms with van der Waals surface area (Å²) >= 11 is 0. The average molecular weight is 556 g/mol. The lowest BCUT2D eigenvalue weighted by atomic mass is 10.0. The molecule has 2 heterocycles. The number of hydrogen-bond donors (Lipinski definition) is 8. The zero-order valence-electron chi connectivity index (χ0n) is 22.0. The molecule has 2 aromatic heterocycles. The molecule has 214 valence electrons. The van der Waals surface area contributed by atoms with Gasteiger partial charge < -0.3 is 41.9 Å². The Hall–Kier alpha value is -4.72. The van der Waals surface area contributed by atoms with Gasteiger partial charge >= 0.3 is 11.9 Å². The number of carboxylic acids is 2. The number of nitrogens with two attached hydrogens (primary N) is 1. The van der Waals surface area contributed by atoms with E-state index in [9.17, 15) is 34.2 Å². The monoisotopic (exact) mass is 555 g/mol. The first kappa shape index (κ1) is 29.8. The van der Waals surface area contributed by atoms with Crippen molar-refractivity contribution in [2.45, 2.75) is 57.3 Å². The number of hydrogen-bond acceptors (Lipinski definition) is 7. The number of rotatable bonds is 14. The van der Waals surface area contributed by atoms with Gasteiger partial charge in [-0.15, -0.1) is 0 Å². The molecule has 1 aromatic carbocycles. The van der Waals surface area contributed by atoms with Crippen molar-refractivity contribution in [1.82, 2.24) is 30.9 Å². The van der Waals surface area contributed by atoms with Crippen LogP contribution in [0.4, 0.5) is 0 Å². The Balaban J connectivity index is 1.80. The number of H-pyrrole nitrogens is 2. The molecule has 0 bridgehead atoms. The third kappa shape index (κ3) is 7.89. The minimum Gasteiger partial charge on any atom is -0.481 e. The standard InChI is InChI=1S/C26H33N7O7/c1-13(2)22(27)25(38)32-19(9-21(34)35)24(37)31-18(8-15-11-28-12-30-15)23(36)33-20(26(39)40)7-14-10-29-17-6-4-3-5-16(14)17/h3-6,10-13,18-20,22,29H,7-9,27H2,1-2H3,(H,28,30)(H,31,37)(H,32,38)(H,33,36)(H,34,35)(H,39,40). The zero-order valence-corrected chi connectivity index (χ0v) is 22.0. The summed E-state index contributed by atoms with van der Waals surface area (Å²) in [5.41, 5.74) is 7.75. The third-order valence-corrected chi connectivity index (χ3v) is 6.36. The molecule has 0 spiro atoms. The Morgan fingerprint density at radius 3 is 2.17 bits per heavy atom. The Morgan fingerprint density at radius 2 is 1.55 bits per heavy atom. The van der Waals surface area contributed by atoms with Gasteiger partial charge in [-0.2, -0.15) is 0 Å². The maximum Gasteiger partial charge on any atom is 0.326 e. The predicted octanol–water partition coefficient (Wildman–Crippen LogP) is -0.327. The smallest absolute Gasteiger partial charge is 0.326 e. The Bertz CT molecular complexity index is 1350. The van der Waals surface area contributed by atoms with Crippen LogP contribution in [0.15, 0.2) is 43.0 Å². The van der Waals surface area contributed by atoms with Crippen LogP contribution in [0.25, 0.3) is 10.9 Å². The van der Waals surface area contributed by atoms with E-state index < -0.39 is 60.2 Å². The molecule has 0 radical (unpaired) electrons. The van der Waals surface area contributed by atoms with Gasteiger partial charge in [0.25, 0.3) is 0 Å². The minimum atomic E-state index is -1.53. The number of para-hydroxylation sites is 1. The van der Waals surface area contributed by atoms with Crippen molar-refractivity contribution in [1.29, 1.82) is 0 Å². The first-order valence-electron chi connectivity index (χ1n) is 12.6. The number of carboxylic acid groups (broad SMARTS) is 2. The Morgan fingerprint density at radius 1 is 0.900 bits per heavy atom. The second-order valence-electron chi connectivity index (χ2n) is 9.73. The van der Waals surface area contributed by atoms with Gasteiger partial charge in [0.05, 0.1) is 18.8 Å². The summed E-state index contributed by atoms with van der Waals surface area (Å²) in [6.07, 6.45) is 3.53. The lowest BCUT2D eigenvalue weighted by Crippen LogP contribution is -2.58. The van der Waals surface area contributed by atoms with Crippen LogP contribution in [0.3, 0.4) is 0 Å². The van der Waals surface area contributed by atoms with Gasteiger partial charge in [0.15, 0.2) is 0 Å². The van der Waals surface area contributed by atoms with E-state index in [1.54, 1.807) is 20.0 Å². The molecule has 4 atom stereocenters. The van der Waals surface area contributed by atoms with E-state index in [0.717, 1.165) is 10.9 Å². The first-order valence-corrected chi connectivity index (χ1v) is 12.6. The third-order valence-electron chi connectivity index (χ3n) is 6.36. The highest BCUT2D eigenvalue weighted by molar-refractivity contribution is 5.96. The molecule has 4 unspecified atom stereocenters. The molecule has 40 heavy (non-hydrogen) atoms. The van der Waals surface area contributed by atoms with Crippen molar-refractivity contribution in [3.63, 3.8) is 0 Å². The first-order chi connectivity index (χ1) is 19.0. The van der Waals surface area contributed by atoms with Crippen LogP contribution in [-0.4, -0.2) is 79.0 Å². The largest absolute Gasteiger partial charge is 0.481 e. The van der Waals surface area contributed by atoms with E-state index in [1.165, 1.54) is 12.5 Å². The minimum absolute atomic E-state index is 0.0411. The molecule has 0 saturated carbocycles. The van der Waals surface area contributed by atoms with Crippen LogP contribution in [0.5, 0.6) is 0 Å². The number of carbonyl (C=O) groups is 5. The molecular weight excluding hydrogens is 522 g/mol. The van der Waals surface area contributed by atoms with E-state index in [1.807, 2.05) is 24.3 Å². The van der Waals surface area contributed by atoms with Gasteiger partial charge in [-0.1, -0.05) is 32.0 Å². The summed E-state index contributed by atoms with van der Waals surface area (Å²) in [7, 11) is 0. The van der Waals surface area contributed by atoms with E-state index >= 15 is 0 Å². The van der Waals surface area contributed by atoms with Gasteiger partial charge in [-0.25, -0.2) is 9.78 Å². The molecule has 3 rings (SSSR count). The van der Waals surface area contributed by atoms with Crippen LogP contribution in [0, 0.1) is 5.92 Å². The van der Waals surface area contributed by atoms with Crippen molar-refractivity contribution in [2.75, 3.05) is 0 Å². The molecule has 0 saturated heterocycles. The van der Waals surface area contributed by atoms with Crippen molar-refractivity contribution in [2.24, 2.45) is 11.7 Å². The number of aromatic nitrogens is 3. The van der Waals surface area contributed by atoms with Crippen molar-refractivity contribution >= 4 is 40.6 Å². The highest BCUT2D eigenvalue weighted by Gasteiger charge is 2.32. The van der Waals surface area contributed by atoms with Gasteiger partial charge in [-0.05, 0) is 17.5 Å². The average Bonchev–Trinajstić information content (AvgIpc) is 3.56. The molecule has 0 aliphatic carbocycles. The molecule has 9 N–H and O–H groups in total. The number of fused-ring (bicyclic) bond motifs is 1. The zero-order chi connectivity index (χ0) is 29.4. The number of benzene rings is 1. The maximum atomic E-state index is 13.3. The Labute approximate surface area is 229 Å². The highest BCUT2D eigenvalue weighted by Crippen LogP contribution is 2.19. The normalized spacial score (nSPS) is 14.2. The number of amides is 3. The molecule has 14 nitrogen and oxygen atoms in total. The second kappa shape index (κ2) is 13.4. The maximum absolute atomic E-state index is 13.3. The van der Waals surface area contributed by atoms with Crippen molar-refractivity contribution < 1.29 is 34.2 Å². The number of imidazole rings is 1. The fraction of sp³-hybridized carbons (Fsp3) is 0.385. The lowest BCUT2D eigenvalue weighted by molar-refractivity contribution is -0.143. The number of nitrogens with zero attached hydrogens (tertiary/aromatic N) is 1. The van der Waals surface area contributed by atoms with Gasteiger partial charge in [0.1, 0.15) is 18.1 Å². The summed E-state index contributed by atoms with van der Waals surface area (Å²) in [5, 5.41) is 27.2. The highest BCUT2D eigenvalue weighted by atomic mass is 16.4. The number of nitrogens with one attached hydrogen (secondary N) is 5. The lowest BCUT2D eigenvalue weighted by Gasteiger charge is -2.25. The molecule has 0 aliphatic heterocycles. The van der Waals surface area contributed by atoms with E-state index in [2.05, 4.69) is 30.9 Å². The van der Waals surface area contributed by atoms with Gasteiger partial charge in [0, 0.05) is 41.8 Å². The SMILES string of the molecule is CC(C)C(N)C(=O)NC(CC(=O)O)C(=O)NC(Cc1cnc[nH]1)C(=O)NC(Cc1c[nH]c2ccccc12)C(=O)O. The van der Waals surface area contributed by atoms with E-state index in [-0.39, 0.29) is 18.8 Å². The van der Waals surface area contributed by atoms with Crippen LogP contribution in [0.1, 0.15) is 31.5 Å². The van der Waals surface area contributed by atoms with Gasteiger partial charge in [0.2, 0.25) is 17.7 Å². The van der Waals surface area contributed by atoms with E-state index in [4.69, 9.17) is 5.73 Å². The molecule has 0 fully saturated rings. The number of aromatic amines is 2. The molecule has 3 aromatic rings. The number of carbonyl (C=O) groups excluding carboxylic acids is 3. The molecule has 14 heteroatoms. The molecular formula is C26H33N7O7. The predicted molar refractivity (Wildman–Crippen MR) is 143 cm³/mol. The second-order valence-corrected chi connectivity index (χ2v) is 9.73. The van der Waals surface area contributed by atoms with Crippen molar-refractivity contribution in [3.05, 3.63) is 54.2 Å². The fourth-order valence-electron chi connectivity index (χ4n) is 4.05. The van der Waals surface area contributed by atoms with Gasteiger partial charge in [-0.3, -0.25) is 19.2 Å². The summed E-state index contributed by atoms with van der Waals surface area (Å²) in [4.78, 5) is 72.1.